The molecule has 1 saturated heterocycles. The van der Waals surface area contributed by atoms with Crippen LogP contribution < -0.4 is 0 Å². The molecule has 0 N–H and O–H groups in total. The standard InChI is InChI=1S/C13H19NOS/c1-10-6-11(2)8-14(7-10)9-12(15)13-4-3-5-16-13/h3-5,10-11H,6-9H2,1-2H3/t10-,11+. The molecule has 1 fully saturated rings. The number of rotatable bonds is 3. The van der Waals surface area contributed by atoms with Gasteiger partial charge in [-0.05, 0) is 29.7 Å². The van der Waals surface area contributed by atoms with E-state index in [1.165, 1.54) is 6.42 Å². The lowest BCUT2D eigenvalue weighted by atomic mass is 9.92. The molecule has 0 saturated carbocycles. The van der Waals surface area contributed by atoms with Crippen molar-refractivity contribution in [2.24, 2.45) is 11.8 Å². The van der Waals surface area contributed by atoms with Gasteiger partial charge in [0.05, 0.1) is 11.4 Å². The van der Waals surface area contributed by atoms with E-state index in [1.807, 2.05) is 17.5 Å². The van der Waals surface area contributed by atoms with E-state index in [4.69, 9.17) is 0 Å². The number of hydrogen-bond donors (Lipinski definition) is 0. The van der Waals surface area contributed by atoms with E-state index in [0.717, 1.165) is 29.8 Å². The highest BCUT2D eigenvalue weighted by Crippen LogP contribution is 2.21. The minimum Gasteiger partial charge on any atom is -0.295 e. The van der Waals surface area contributed by atoms with E-state index < -0.39 is 0 Å². The van der Waals surface area contributed by atoms with Crippen LogP contribution in [0.1, 0.15) is 29.9 Å². The van der Waals surface area contributed by atoms with Crippen LogP contribution >= 0.6 is 11.3 Å². The highest BCUT2D eigenvalue weighted by atomic mass is 32.1. The van der Waals surface area contributed by atoms with Crippen LogP contribution in [0.25, 0.3) is 0 Å². The Labute approximate surface area is 101 Å². The first-order valence-electron chi connectivity index (χ1n) is 5.94. The molecular weight excluding hydrogens is 218 g/mol. The highest BCUT2D eigenvalue weighted by molar-refractivity contribution is 7.12. The third kappa shape index (κ3) is 2.92. The van der Waals surface area contributed by atoms with Gasteiger partial charge >= 0.3 is 0 Å². The molecule has 0 bridgehead atoms. The zero-order valence-electron chi connectivity index (χ0n) is 9.98. The minimum absolute atomic E-state index is 0.274. The van der Waals surface area contributed by atoms with Gasteiger partial charge in [0.1, 0.15) is 0 Å². The largest absolute Gasteiger partial charge is 0.295 e. The van der Waals surface area contributed by atoms with E-state index in [9.17, 15) is 4.79 Å². The molecule has 2 nitrogen and oxygen atoms in total. The molecule has 88 valence electrons. The van der Waals surface area contributed by atoms with Crippen molar-refractivity contribution in [2.45, 2.75) is 20.3 Å². The first-order chi connectivity index (χ1) is 7.65. The number of nitrogens with zero attached hydrogens (tertiary/aromatic N) is 1. The zero-order chi connectivity index (χ0) is 11.5. The fourth-order valence-corrected chi connectivity index (χ4v) is 3.30. The maximum atomic E-state index is 12.0. The van der Waals surface area contributed by atoms with Gasteiger partial charge in [-0.2, -0.15) is 0 Å². The first kappa shape index (κ1) is 11.8. The Morgan fingerprint density at radius 3 is 2.69 bits per heavy atom. The fraction of sp³-hybridized carbons (Fsp3) is 0.615. The van der Waals surface area contributed by atoms with Crippen LogP contribution in [0, 0.1) is 11.8 Å². The number of hydrogen-bond acceptors (Lipinski definition) is 3. The Hall–Kier alpha value is -0.670. The topological polar surface area (TPSA) is 20.3 Å². The number of carbonyl (C=O) groups is 1. The second-order valence-corrected chi connectivity index (χ2v) is 5.99. The smallest absolute Gasteiger partial charge is 0.186 e. The summed E-state index contributed by atoms with van der Waals surface area (Å²) in [6.45, 7) is 7.29. The van der Waals surface area contributed by atoms with Gasteiger partial charge in [-0.1, -0.05) is 19.9 Å². The van der Waals surface area contributed by atoms with Gasteiger partial charge < -0.3 is 0 Å². The van der Waals surface area contributed by atoms with E-state index in [-0.39, 0.29) is 5.78 Å². The van der Waals surface area contributed by atoms with Gasteiger partial charge in [-0.3, -0.25) is 9.69 Å². The summed E-state index contributed by atoms with van der Waals surface area (Å²) in [6, 6.07) is 3.86. The summed E-state index contributed by atoms with van der Waals surface area (Å²) in [5, 5.41) is 1.97. The molecule has 0 radical (unpaired) electrons. The van der Waals surface area contributed by atoms with Crippen LogP contribution in [-0.2, 0) is 0 Å². The van der Waals surface area contributed by atoms with Crippen molar-refractivity contribution in [1.29, 1.82) is 0 Å². The first-order valence-corrected chi connectivity index (χ1v) is 6.82. The molecule has 0 unspecified atom stereocenters. The van der Waals surface area contributed by atoms with Crippen molar-refractivity contribution in [3.63, 3.8) is 0 Å². The lowest BCUT2D eigenvalue weighted by molar-refractivity contribution is 0.0853. The normalized spacial score (nSPS) is 26.9. The molecule has 1 aromatic heterocycles. The van der Waals surface area contributed by atoms with Gasteiger partial charge in [-0.15, -0.1) is 11.3 Å². The molecule has 0 aromatic carbocycles. The van der Waals surface area contributed by atoms with Crippen LogP contribution in [0.15, 0.2) is 17.5 Å². The van der Waals surface area contributed by atoms with Crippen LogP contribution in [-0.4, -0.2) is 30.3 Å². The van der Waals surface area contributed by atoms with Crippen molar-refractivity contribution in [2.75, 3.05) is 19.6 Å². The SMILES string of the molecule is C[C@@H]1C[C@H](C)CN(CC(=O)c2cccs2)C1. The molecule has 0 amide bonds. The zero-order valence-corrected chi connectivity index (χ0v) is 10.8. The predicted octanol–water partition coefficient (Wildman–Crippen LogP) is 2.91. The molecular formula is C13H19NOS. The number of carbonyl (C=O) groups excluding carboxylic acids is 1. The Morgan fingerprint density at radius 2 is 2.12 bits per heavy atom. The molecule has 0 spiro atoms. The van der Waals surface area contributed by atoms with E-state index >= 15 is 0 Å². The third-order valence-corrected chi connectivity index (χ3v) is 4.02. The van der Waals surface area contributed by atoms with Gasteiger partial charge in [0.25, 0.3) is 0 Å². The number of thiophene rings is 1. The molecule has 2 heterocycles. The van der Waals surface area contributed by atoms with Crippen molar-refractivity contribution in [3.05, 3.63) is 22.4 Å². The Morgan fingerprint density at radius 1 is 1.44 bits per heavy atom. The van der Waals surface area contributed by atoms with Crippen LogP contribution in [0.2, 0.25) is 0 Å². The highest BCUT2D eigenvalue weighted by Gasteiger charge is 2.23. The van der Waals surface area contributed by atoms with Gasteiger partial charge in [-0.25, -0.2) is 0 Å². The summed E-state index contributed by atoms with van der Waals surface area (Å²) in [6.07, 6.45) is 1.30. The summed E-state index contributed by atoms with van der Waals surface area (Å²) < 4.78 is 0. The molecule has 1 aliphatic rings. The number of Topliss-reactive ketones (excluding diaryl/α,β-unsaturated/α-hetero) is 1. The molecule has 1 aromatic rings. The van der Waals surface area contributed by atoms with E-state index in [0.29, 0.717) is 6.54 Å². The molecule has 3 heteroatoms. The van der Waals surface area contributed by atoms with Crippen molar-refractivity contribution in [1.82, 2.24) is 4.90 Å². The minimum atomic E-state index is 0.274. The van der Waals surface area contributed by atoms with Crippen molar-refractivity contribution in [3.8, 4) is 0 Å². The fourth-order valence-electron chi connectivity index (χ4n) is 2.64. The Kier molecular flexibility index (Phi) is 3.77. The predicted molar refractivity (Wildman–Crippen MR) is 68.0 cm³/mol. The summed E-state index contributed by atoms with van der Waals surface area (Å²) in [7, 11) is 0. The number of likely N-dealkylation sites (tertiary alicyclic amines) is 1. The number of ketones is 1. The van der Waals surface area contributed by atoms with Gasteiger partial charge in [0.15, 0.2) is 5.78 Å². The summed E-state index contributed by atoms with van der Waals surface area (Å²) in [5.41, 5.74) is 0. The maximum Gasteiger partial charge on any atom is 0.186 e. The molecule has 1 aliphatic heterocycles. The summed E-state index contributed by atoms with van der Waals surface area (Å²) >= 11 is 1.54. The van der Waals surface area contributed by atoms with Crippen molar-refractivity contribution < 1.29 is 4.79 Å². The lowest BCUT2D eigenvalue weighted by Crippen LogP contribution is -2.41. The van der Waals surface area contributed by atoms with E-state index in [2.05, 4.69) is 18.7 Å². The van der Waals surface area contributed by atoms with Crippen LogP contribution in [0.3, 0.4) is 0 Å². The van der Waals surface area contributed by atoms with Crippen molar-refractivity contribution >= 4 is 17.1 Å². The second-order valence-electron chi connectivity index (χ2n) is 5.04. The van der Waals surface area contributed by atoms with E-state index in [1.54, 1.807) is 11.3 Å². The van der Waals surface area contributed by atoms with Gasteiger partial charge in [0, 0.05) is 13.1 Å². The Balaban J connectivity index is 1.92. The third-order valence-electron chi connectivity index (χ3n) is 3.11. The van der Waals surface area contributed by atoms with Gasteiger partial charge in [0.2, 0.25) is 0 Å². The summed E-state index contributed by atoms with van der Waals surface area (Å²) in [5.74, 6) is 1.72. The summed E-state index contributed by atoms with van der Waals surface area (Å²) in [4.78, 5) is 15.2. The average molecular weight is 237 g/mol. The van der Waals surface area contributed by atoms with Crippen LogP contribution in [0.4, 0.5) is 0 Å². The monoisotopic (exact) mass is 237 g/mol. The molecule has 2 atom stereocenters. The van der Waals surface area contributed by atoms with Crippen LogP contribution in [0.5, 0.6) is 0 Å². The Bertz CT molecular complexity index is 337. The average Bonchev–Trinajstić information content (AvgIpc) is 2.68. The molecule has 2 rings (SSSR count). The number of piperidine rings is 1. The second kappa shape index (κ2) is 5.11. The molecule has 16 heavy (non-hydrogen) atoms. The molecule has 0 aliphatic carbocycles. The maximum absolute atomic E-state index is 12.0. The quantitative estimate of drug-likeness (QED) is 0.753. The lowest BCUT2D eigenvalue weighted by Gasteiger charge is -2.34.